The van der Waals surface area contributed by atoms with Gasteiger partial charge >= 0.3 is 0 Å². The highest BCUT2D eigenvalue weighted by molar-refractivity contribution is 7.09. The van der Waals surface area contributed by atoms with Crippen molar-refractivity contribution in [1.29, 1.82) is 0 Å². The van der Waals surface area contributed by atoms with Crippen LogP contribution in [0.2, 0.25) is 0 Å². The van der Waals surface area contributed by atoms with Gasteiger partial charge in [-0.15, -0.1) is 11.3 Å². The molecule has 110 valence electrons. The van der Waals surface area contributed by atoms with Crippen molar-refractivity contribution in [3.8, 4) is 0 Å². The molecule has 3 heterocycles. The molecule has 0 fully saturated rings. The second-order valence-electron chi connectivity index (χ2n) is 4.66. The maximum atomic E-state index is 5.76. The van der Waals surface area contributed by atoms with Crippen molar-refractivity contribution in [3.05, 3.63) is 35.0 Å². The van der Waals surface area contributed by atoms with Crippen molar-refractivity contribution in [3.63, 3.8) is 0 Å². The maximum Gasteiger partial charge on any atom is 0.165 e. The maximum absolute atomic E-state index is 5.76. The van der Waals surface area contributed by atoms with E-state index in [4.69, 9.17) is 10.5 Å². The third-order valence-electron chi connectivity index (χ3n) is 3.19. The Morgan fingerprint density at radius 2 is 2.19 bits per heavy atom. The summed E-state index contributed by atoms with van der Waals surface area (Å²) in [5, 5.41) is 2.09. The number of nitrogens with two attached hydrogens (primary N) is 1. The Morgan fingerprint density at radius 3 is 3.05 bits per heavy atom. The summed E-state index contributed by atoms with van der Waals surface area (Å²) in [6, 6.07) is 4.20. The van der Waals surface area contributed by atoms with Gasteiger partial charge in [-0.2, -0.15) is 0 Å². The standard InChI is InChI=1S/C14H17N5OS/c15-13-12-14(17-9-16-13)19(10-18-12)5-2-6-20-7-4-11-3-1-8-21-11/h1,3,8-10H,2,4-7H2,(H2,15,16,17). The zero-order valence-corrected chi connectivity index (χ0v) is 12.4. The summed E-state index contributed by atoms with van der Waals surface area (Å²) in [5.41, 5.74) is 7.20. The monoisotopic (exact) mass is 303 g/mol. The van der Waals surface area contributed by atoms with E-state index < -0.39 is 0 Å². The van der Waals surface area contributed by atoms with E-state index in [-0.39, 0.29) is 0 Å². The van der Waals surface area contributed by atoms with Gasteiger partial charge in [0.05, 0.1) is 12.9 Å². The summed E-state index contributed by atoms with van der Waals surface area (Å²) in [6.07, 6.45) is 5.12. The molecule has 0 saturated heterocycles. The fourth-order valence-corrected chi connectivity index (χ4v) is 2.82. The van der Waals surface area contributed by atoms with Crippen LogP contribution in [0.3, 0.4) is 0 Å². The summed E-state index contributed by atoms with van der Waals surface area (Å²) in [5.74, 6) is 0.422. The average molecular weight is 303 g/mol. The van der Waals surface area contributed by atoms with E-state index in [0.29, 0.717) is 11.3 Å². The van der Waals surface area contributed by atoms with E-state index >= 15 is 0 Å². The van der Waals surface area contributed by atoms with Gasteiger partial charge in [0, 0.05) is 24.4 Å². The van der Waals surface area contributed by atoms with Crippen molar-refractivity contribution in [1.82, 2.24) is 19.5 Å². The smallest absolute Gasteiger partial charge is 0.165 e. The van der Waals surface area contributed by atoms with Crippen LogP contribution in [0.25, 0.3) is 11.2 Å². The Hall–Kier alpha value is -1.99. The molecule has 21 heavy (non-hydrogen) atoms. The summed E-state index contributed by atoms with van der Waals surface area (Å²) >= 11 is 1.77. The molecule has 3 aromatic rings. The highest BCUT2D eigenvalue weighted by Gasteiger charge is 2.06. The first-order chi connectivity index (χ1) is 10.3. The normalized spacial score (nSPS) is 11.2. The van der Waals surface area contributed by atoms with Gasteiger partial charge in [-0.3, -0.25) is 0 Å². The number of aromatic nitrogens is 4. The number of hydrogen-bond acceptors (Lipinski definition) is 6. The number of ether oxygens (including phenoxy) is 1. The largest absolute Gasteiger partial charge is 0.382 e. The van der Waals surface area contributed by atoms with Crippen LogP contribution in [-0.2, 0) is 17.7 Å². The topological polar surface area (TPSA) is 78.9 Å². The Labute approximate surface area is 126 Å². The highest BCUT2D eigenvalue weighted by Crippen LogP contribution is 2.14. The molecule has 2 N–H and O–H groups in total. The molecule has 3 rings (SSSR count). The van der Waals surface area contributed by atoms with Crippen LogP contribution in [0.15, 0.2) is 30.2 Å². The van der Waals surface area contributed by atoms with E-state index in [9.17, 15) is 0 Å². The van der Waals surface area contributed by atoms with Gasteiger partial charge in [-0.25, -0.2) is 15.0 Å². The van der Waals surface area contributed by atoms with Crippen LogP contribution >= 0.6 is 11.3 Å². The van der Waals surface area contributed by atoms with Crippen molar-refractivity contribution < 1.29 is 4.74 Å². The van der Waals surface area contributed by atoms with Gasteiger partial charge in [0.1, 0.15) is 11.8 Å². The first-order valence-electron chi connectivity index (χ1n) is 6.86. The van der Waals surface area contributed by atoms with Crippen LogP contribution in [-0.4, -0.2) is 32.7 Å². The highest BCUT2D eigenvalue weighted by atomic mass is 32.1. The van der Waals surface area contributed by atoms with Crippen LogP contribution < -0.4 is 5.73 Å². The minimum atomic E-state index is 0.422. The number of hydrogen-bond donors (Lipinski definition) is 1. The summed E-state index contributed by atoms with van der Waals surface area (Å²) < 4.78 is 7.64. The van der Waals surface area contributed by atoms with Crippen molar-refractivity contribution in [2.75, 3.05) is 18.9 Å². The van der Waals surface area contributed by atoms with E-state index in [1.165, 1.54) is 11.2 Å². The fourth-order valence-electron chi connectivity index (χ4n) is 2.13. The lowest BCUT2D eigenvalue weighted by atomic mass is 10.3. The van der Waals surface area contributed by atoms with Crippen molar-refractivity contribution in [2.24, 2.45) is 0 Å². The molecule has 0 amide bonds. The number of anilines is 1. The van der Waals surface area contributed by atoms with Crippen molar-refractivity contribution in [2.45, 2.75) is 19.4 Å². The lowest BCUT2D eigenvalue weighted by Crippen LogP contribution is -2.04. The molecule has 0 saturated carbocycles. The second-order valence-corrected chi connectivity index (χ2v) is 5.70. The van der Waals surface area contributed by atoms with E-state index in [1.54, 1.807) is 17.7 Å². The Kier molecular flexibility index (Phi) is 4.42. The zero-order chi connectivity index (χ0) is 14.5. The summed E-state index contributed by atoms with van der Waals surface area (Å²) in [6.45, 7) is 2.30. The molecule has 3 aromatic heterocycles. The van der Waals surface area contributed by atoms with Crippen LogP contribution in [0, 0.1) is 0 Å². The van der Waals surface area contributed by atoms with Gasteiger partial charge in [0.15, 0.2) is 11.5 Å². The number of nitrogens with zero attached hydrogens (tertiary/aromatic N) is 4. The molecule has 0 aromatic carbocycles. The first-order valence-corrected chi connectivity index (χ1v) is 7.74. The Balaban J connectivity index is 1.43. The number of rotatable bonds is 7. The fraction of sp³-hybridized carbons (Fsp3) is 0.357. The molecule has 0 radical (unpaired) electrons. The molecule has 0 aliphatic heterocycles. The molecule has 0 aliphatic carbocycles. The van der Waals surface area contributed by atoms with Gasteiger partial charge in [-0.05, 0) is 17.9 Å². The molecule has 0 unspecified atom stereocenters. The first kappa shape index (κ1) is 14.0. The minimum Gasteiger partial charge on any atom is -0.382 e. The summed E-state index contributed by atoms with van der Waals surface area (Å²) in [7, 11) is 0. The Bertz CT molecular complexity index is 695. The average Bonchev–Trinajstić information content (AvgIpc) is 3.13. The van der Waals surface area contributed by atoms with E-state index in [2.05, 4.69) is 32.5 Å². The van der Waals surface area contributed by atoms with Gasteiger partial charge in [0.2, 0.25) is 0 Å². The van der Waals surface area contributed by atoms with E-state index in [0.717, 1.165) is 38.2 Å². The Morgan fingerprint density at radius 1 is 1.24 bits per heavy atom. The molecule has 7 heteroatoms. The third-order valence-corrected chi connectivity index (χ3v) is 4.13. The molecule has 6 nitrogen and oxygen atoms in total. The lowest BCUT2D eigenvalue weighted by molar-refractivity contribution is 0.132. The molecular formula is C14H17N5OS. The molecule has 0 aliphatic rings. The van der Waals surface area contributed by atoms with Gasteiger partial charge < -0.3 is 15.0 Å². The number of imidazole rings is 1. The van der Waals surface area contributed by atoms with Crippen LogP contribution in [0.1, 0.15) is 11.3 Å². The number of nitrogen functional groups attached to an aromatic ring is 1. The second kappa shape index (κ2) is 6.64. The molecular weight excluding hydrogens is 286 g/mol. The zero-order valence-electron chi connectivity index (χ0n) is 11.6. The minimum absolute atomic E-state index is 0.422. The van der Waals surface area contributed by atoms with Crippen LogP contribution in [0.5, 0.6) is 0 Å². The van der Waals surface area contributed by atoms with Crippen molar-refractivity contribution >= 4 is 28.3 Å². The number of fused-ring (bicyclic) bond motifs is 1. The quantitative estimate of drug-likeness (QED) is 0.676. The number of thiophene rings is 1. The third kappa shape index (κ3) is 3.37. The summed E-state index contributed by atoms with van der Waals surface area (Å²) in [4.78, 5) is 13.8. The predicted molar refractivity (Wildman–Crippen MR) is 83.2 cm³/mol. The van der Waals surface area contributed by atoms with Crippen LogP contribution in [0.4, 0.5) is 5.82 Å². The SMILES string of the molecule is Nc1ncnc2c1ncn2CCCOCCc1cccs1. The number of aryl methyl sites for hydroxylation is 1. The molecule has 0 bridgehead atoms. The van der Waals surface area contributed by atoms with Gasteiger partial charge in [0.25, 0.3) is 0 Å². The molecule has 0 spiro atoms. The van der Waals surface area contributed by atoms with E-state index in [1.807, 2.05) is 4.57 Å². The van der Waals surface area contributed by atoms with Gasteiger partial charge in [-0.1, -0.05) is 6.07 Å². The molecule has 0 atom stereocenters. The lowest BCUT2D eigenvalue weighted by Gasteiger charge is -2.05. The predicted octanol–water partition coefficient (Wildman–Crippen LogP) is 2.12.